The van der Waals surface area contributed by atoms with Crippen molar-refractivity contribution >= 4 is 5.91 Å². The zero-order valence-corrected chi connectivity index (χ0v) is 14.1. The highest BCUT2D eigenvalue weighted by atomic mass is 16.5. The van der Waals surface area contributed by atoms with E-state index in [0.29, 0.717) is 13.2 Å². The van der Waals surface area contributed by atoms with Crippen molar-refractivity contribution in [1.82, 2.24) is 10.2 Å². The lowest BCUT2D eigenvalue weighted by atomic mass is 9.94. The first-order chi connectivity index (χ1) is 10.00. The average molecular weight is 303 g/mol. The van der Waals surface area contributed by atoms with E-state index < -0.39 is 5.54 Å². The Hall–Kier alpha value is -0.690. The van der Waals surface area contributed by atoms with Gasteiger partial charge in [0.25, 0.3) is 0 Å². The summed E-state index contributed by atoms with van der Waals surface area (Å²) in [5.74, 6) is -0.281. The molecule has 0 aliphatic rings. The van der Waals surface area contributed by atoms with Crippen LogP contribution in [0.3, 0.4) is 0 Å². The first kappa shape index (κ1) is 20.3. The Morgan fingerprint density at radius 2 is 1.76 bits per heavy atom. The van der Waals surface area contributed by atoms with Gasteiger partial charge in [-0.25, -0.2) is 0 Å². The molecule has 0 aromatic carbocycles. The summed E-state index contributed by atoms with van der Waals surface area (Å²) in [6.45, 7) is 8.81. The number of hydrogen-bond donors (Lipinski definition) is 2. The maximum atomic E-state index is 11.7. The predicted molar refractivity (Wildman–Crippen MR) is 85.3 cm³/mol. The minimum absolute atomic E-state index is 0.281. The number of primary amides is 1. The summed E-state index contributed by atoms with van der Waals surface area (Å²) in [4.78, 5) is 13.9. The van der Waals surface area contributed by atoms with Gasteiger partial charge in [-0.3, -0.25) is 9.69 Å². The fraction of sp³-hybridized carbons (Fsp3) is 0.933. The fourth-order valence-electron chi connectivity index (χ4n) is 2.13. The van der Waals surface area contributed by atoms with E-state index >= 15 is 0 Å². The topological polar surface area (TPSA) is 76.8 Å². The van der Waals surface area contributed by atoms with Crippen LogP contribution in [-0.4, -0.2) is 70.0 Å². The second-order valence-corrected chi connectivity index (χ2v) is 5.55. The molecule has 6 heteroatoms. The maximum absolute atomic E-state index is 11.7. The van der Waals surface area contributed by atoms with Crippen LogP contribution in [0, 0.1) is 0 Å². The second-order valence-electron chi connectivity index (χ2n) is 5.55. The van der Waals surface area contributed by atoms with Crippen LogP contribution in [-0.2, 0) is 14.3 Å². The predicted octanol–water partition coefficient (Wildman–Crippen LogP) is 0.605. The van der Waals surface area contributed by atoms with Gasteiger partial charge in [0.1, 0.15) is 0 Å². The number of nitrogens with one attached hydrogen (secondary N) is 1. The molecule has 21 heavy (non-hydrogen) atoms. The molecule has 126 valence electrons. The SMILES string of the molecule is CCCNC(C)(CCCN(CCOC)CCOC)C(N)=O. The van der Waals surface area contributed by atoms with Crippen LogP contribution in [0.4, 0.5) is 0 Å². The third kappa shape index (κ3) is 9.03. The molecule has 0 saturated heterocycles. The highest BCUT2D eigenvalue weighted by Crippen LogP contribution is 2.12. The molecule has 0 heterocycles. The van der Waals surface area contributed by atoms with Gasteiger partial charge in [-0.2, -0.15) is 0 Å². The molecule has 0 aliphatic carbocycles. The highest BCUT2D eigenvalue weighted by molar-refractivity contribution is 5.84. The van der Waals surface area contributed by atoms with Crippen LogP contribution in [0.2, 0.25) is 0 Å². The lowest BCUT2D eigenvalue weighted by molar-refractivity contribution is -0.124. The summed E-state index contributed by atoms with van der Waals surface area (Å²) in [5, 5.41) is 3.26. The summed E-state index contributed by atoms with van der Waals surface area (Å²) in [6, 6.07) is 0. The van der Waals surface area contributed by atoms with Crippen molar-refractivity contribution in [2.45, 2.75) is 38.6 Å². The Morgan fingerprint density at radius 1 is 1.19 bits per heavy atom. The summed E-state index contributed by atoms with van der Waals surface area (Å²) in [5.41, 5.74) is 4.91. The highest BCUT2D eigenvalue weighted by Gasteiger charge is 2.29. The van der Waals surface area contributed by atoms with Gasteiger partial charge in [0.2, 0.25) is 5.91 Å². The van der Waals surface area contributed by atoms with Gasteiger partial charge in [0.15, 0.2) is 0 Å². The number of carbonyl (C=O) groups is 1. The van der Waals surface area contributed by atoms with Gasteiger partial charge in [-0.1, -0.05) is 6.92 Å². The maximum Gasteiger partial charge on any atom is 0.237 e. The standard InChI is InChI=1S/C15H33N3O3/c1-5-8-17-15(2,14(16)19)7-6-9-18(10-12-20-3)11-13-21-4/h17H,5-13H2,1-4H3,(H2,16,19). The molecule has 0 aromatic heterocycles. The Labute approximate surface area is 129 Å². The summed E-state index contributed by atoms with van der Waals surface area (Å²) in [7, 11) is 3.40. The van der Waals surface area contributed by atoms with E-state index in [9.17, 15) is 4.79 Å². The molecule has 1 amide bonds. The van der Waals surface area contributed by atoms with Crippen molar-refractivity contribution in [1.29, 1.82) is 0 Å². The van der Waals surface area contributed by atoms with Crippen molar-refractivity contribution in [2.24, 2.45) is 5.73 Å². The normalized spacial score (nSPS) is 14.3. The smallest absolute Gasteiger partial charge is 0.237 e. The number of rotatable bonds is 14. The van der Waals surface area contributed by atoms with Gasteiger partial charge >= 0.3 is 0 Å². The Morgan fingerprint density at radius 3 is 2.19 bits per heavy atom. The van der Waals surface area contributed by atoms with Crippen LogP contribution in [0.15, 0.2) is 0 Å². The van der Waals surface area contributed by atoms with E-state index in [0.717, 1.165) is 45.4 Å². The van der Waals surface area contributed by atoms with E-state index in [1.807, 2.05) is 6.92 Å². The summed E-state index contributed by atoms with van der Waals surface area (Å²) in [6.07, 6.45) is 2.62. The third-order valence-corrected chi connectivity index (χ3v) is 3.68. The largest absolute Gasteiger partial charge is 0.383 e. The lowest BCUT2D eigenvalue weighted by Gasteiger charge is -2.29. The molecule has 0 spiro atoms. The van der Waals surface area contributed by atoms with E-state index in [2.05, 4.69) is 17.1 Å². The van der Waals surface area contributed by atoms with Gasteiger partial charge in [0, 0.05) is 27.3 Å². The molecule has 0 saturated carbocycles. The van der Waals surface area contributed by atoms with E-state index in [4.69, 9.17) is 15.2 Å². The number of carbonyl (C=O) groups excluding carboxylic acids is 1. The Balaban J connectivity index is 4.25. The molecule has 0 bridgehead atoms. The van der Waals surface area contributed by atoms with Gasteiger partial charge in [-0.15, -0.1) is 0 Å². The van der Waals surface area contributed by atoms with Crippen molar-refractivity contribution in [3.05, 3.63) is 0 Å². The number of nitrogens with two attached hydrogens (primary N) is 1. The lowest BCUT2D eigenvalue weighted by Crippen LogP contribution is -2.53. The van der Waals surface area contributed by atoms with E-state index in [-0.39, 0.29) is 5.91 Å². The fourth-order valence-corrected chi connectivity index (χ4v) is 2.13. The van der Waals surface area contributed by atoms with Gasteiger partial charge in [-0.05, 0) is 39.3 Å². The molecule has 6 nitrogen and oxygen atoms in total. The van der Waals surface area contributed by atoms with Crippen molar-refractivity contribution in [3.63, 3.8) is 0 Å². The molecule has 0 rings (SSSR count). The van der Waals surface area contributed by atoms with E-state index in [1.165, 1.54) is 0 Å². The van der Waals surface area contributed by atoms with Gasteiger partial charge in [0.05, 0.1) is 18.8 Å². The number of amides is 1. The zero-order valence-electron chi connectivity index (χ0n) is 14.1. The quantitative estimate of drug-likeness (QED) is 0.491. The molecule has 0 aromatic rings. The third-order valence-electron chi connectivity index (χ3n) is 3.68. The zero-order chi connectivity index (χ0) is 16.1. The number of methoxy groups -OCH3 is 2. The molecule has 0 fully saturated rings. The minimum atomic E-state index is -0.621. The number of ether oxygens (including phenoxy) is 2. The summed E-state index contributed by atoms with van der Waals surface area (Å²) < 4.78 is 10.2. The summed E-state index contributed by atoms with van der Waals surface area (Å²) >= 11 is 0. The van der Waals surface area contributed by atoms with Crippen molar-refractivity contribution in [2.75, 3.05) is 53.6 Å². The molecule has 3 N–H and O–H groups in total. The van der Waals surface area contributed by atoms with Crippen molar-refractivity contribution < 1.29 is 14.3 Å². The molecule has 1 atom stereocenters. The molecule has 0 aliphatic heterocycles. The van der Waals surface area contributed by atoms with Crippen LogP contribution >= 0.6 is 0 Å². The minimum Gasteiger partial charge on any atom is -0.383 e. The average Bonchev–Trinajstić information content (AvgIpc) is 2.47. The van der Waals surface area contributed by atoms with Crippen LogP contribution in [0.1, 0.15) is 33.1 Å². The van der Waals surface area contributed by atoms with Crippen LogP contribution in [0.5, 0.6) is 0 Å². The number of hydrogen-bond acceptors (Lipinski definition) is 5. The first-order valence-corrected chi connectivity index (χ1v) is 7.75. The molecular weight excluding hydrogens is 270 g/mol. The molecular formula is C15H33N3O3. The monoisotopic (exact) mass is 303 g/mol. The Bertz CT molecular complexity index is 269. The first-order valence-electron chi connectivity index (χ1n) is 7.75. The van der Waals surface area contributed by atoms with Crippen molar-refractivity contribution in [3.8, 4) is 0 Å². The van der Waals surface area contributed by atoms with Crippen LogP contribution < -0.4 is 11.1 Å². The molecule has 1 unspecified atom stereocenters. The Kier molecular flexibility index (Phi) is 11.5. The van der Waals surface area contributed by atoms with Crippen LogP contribution in [0.25, 0.3) is 0 Å². The number of nitrogens with zero attached hydrogens (tertiary/aromatic N) is 1. The van der Waals surface area contributed by atoms with E-state index in [1.54, 1.807) is 14.2 Å². The van der Waals surface area contributed by atoms with Gasteiger partial charge < -0.3 is 20.5 Å². The second kappa shape index (κ2) is 11.9. The molecule has 0 radical (unpaired) electrons.